The molecule has 0 bridgehead atoms. The number of hydrogen-bond donors (Lipinski definition) is 0. The first-order valence-corrected chi connectivity index (χ1v) is 8.78. The summed E-state index contributed by atoms with van der Waals surface area (Å²) in [6.07, 6.45) is 0. The molecule has 0 radical (unpaired) electrons. The fourth-order valence-corrected chi connectivity index (χ4v) is 2.85. The van der Waals surface area contributed by atoms with Gasteiger partial charge in [0.1, 0.15) is 0 Å². The summed E-state index contributed by atoms with van der Waals surface area (Å²) in [7, 11) is 0. The molecule has 0 aliphatic carbocycles. The van der Waals surface area contributed by atoms with Crippen LogP contribution in [-0.2, 0) is 0 Å². The first-order valence-electron chi connectivity index (χ1n) is 8.78. The topological polar surface area (TPSA) is 23.8 Å². The van der Waals surface area contributed by atoms with Crippen LogP contribution in [0.5, 0.6) is 0 Å². The van der Waals surface area contributed by atoms with Gasteiger partial charge in [0.25, 0.3) is 0 Å². The lowest BCUT2D eigenvalue weighted by atomic mass is 9.93. The van der Waals surface area contributed by atoms with Gasteiger partial charge in [0, 0.05) is 0 Å². The summed E-state index contributed by atoms with van der Waals surface area (Å²) in [6.45, 7) is 10.5. The van der Waals surface area contributed by atoms with E-state index in [1.807, 2.05) is 38.1 Å². The third kappa shape index (κ3) is 3.98. The van der Waals surface area contributed by atoms with Crippen molar-refractivity contribution in [3.63, 3.8) is 0 Å². The molecule has 0 saturated carbocycles. The average Bonchev–Trinajstić information content (AvgIpc) is 2.68. The predicted molar refractivity (Wildman–Crippen MR) is 108 cm³/mol. The Balaban J connectivity index is 0.00000109. The maximum absolute atomic E-state index is 8.88. The van der Waals surface area contributed by atoms with Gasteiger partial charge in [-0.1, -0.05) is 62.4 Å². The molecule has 0 unspecified atom stereocenters. The van der Waals surface area contributed by atoms with Gasteiger partial charge >= 0.3 is 0 Å². The number of hydrogen-bond acceptors (Lipinski definition) is 1. The molecule has 0 atom stereocenters. The fraction of sp³-hybridized carbons (Fsp3) is 0.208. The molecular formula is C24H25N. The van der Waals surface area contributed by atoms with E-state index >= 15 is 0 Å². The van der Waals surface area contributed by atoms with E-state index in [4.69, 9.17) is 5.26 Å². The van der Waals surface area contributed by atoms with Crippen molar-refractivity contribution >= 4 is 0 Å². The molecule has 3 rings (SSSR count). The van der Waals surface area contributed by atoms with Crippen LogP contribution < -0.4 is 0 Å². The van der Waals surface area contributed by atoms with E-state index in [0.717, 1.165) is 5.56 Å². The zero-order chi connectivity index (χ0) is 18.4. The molecular weight excluding hydrogens is 302 g/mol. The van der Waals surface area contributed by atoms with Gasteiger partial charge in [0.2, 0.25) is 0 Å². The Labute approximate surface area is 151 Å². The molecule has 0 heterocycles. The molecule has 0 N–H and O–H groups in total. The molecule has 0 aliphatic rings. The van der Waals surface area contributed by atoms with E-state index in [0.29, 0.717) is 5.56 Å². The summed E-state index contributed by atoms with van der Waals surface area (Å²) in [4.78, 5) is 0. The van der Waals surface area contributed by atoms with E-state index in [9.17, 15) is 0 Å². The van der Waals surface area contributed by atoms with Crippen molar-refractivity contribution in [2.45, 2.75) is 34.6 Å². The second-order valence-corrected chi connectivity index (χ2v) is 5.95. The molecule has 126 valence electrons. The van der Waals surface area contributed by atoms with Crippen molar-refractivity contribution in [2.75, 3.05) is 0 Å². The lowest BCUT2D eigenvalue weighted by molar-refractivity contribution is 1.27. The van der Waals surface area contributed by atoms with Crippen LogP contribution in [0.1, 0.15) is 36.1 Å². The number of benzene rings is 3. The normalized spacial score (nSPS) is 9.76. The highest BCUT2D eigenvalue weighted by atomic mass is 14.2. The van der Waals surface area contributed by atoms with Gasteiger partial charge < -0.3 is 0 Å². The maximum Gasteiger partial charge on any atom is 0.0991 e. The van der Waals surface area contributed by atoms with Crippen LogP contribution in [0.3, 0.4) is 0 Å². The highest BCUT2D eigenvalue weighted by Crippen LogP contribution is 2.29. The van der Waals surface area contributed by atoms with Crippen LogP contribution in [0.4, 0.5) is 0 Å². The quantitative estimate of drug-likeness (QED) is 0.505. The molecule has 3 aromatic carbocycles. The van der Waals surface area contributed by atoms with Crippen LogP contribution in [-0.4, -0.2) is 0 Å². The summed E-state index contributed by atoms with van der Waals surface area (Å²) >= 11 is 0. The fourth-order valence-electron chi connectivity index (χ4n) is 2.85. The van der Waals surface area contributed by atoms with Gasteiger partial charge in [0.15, 0.2) is 0 Å². The molecule has 0 spiro atoms. The molecule has 3 aromatic rings. The Morgan fingerprint density at radius 1 is 0.600 bits per heavy atom. The Morgan fingerprint density at radius 3 is 1.60 bits per heavy atom. The third-order valence-electron chi connectivity index (χ3n) is 4.60. The molecule has 0 aliphatic heterocycles. The Kier molecular flexibility index (Phi) is 6.14. The Hall–Kier alpha value is -2.85. The van der Waals surface area contributed by atoms with E-state index < -0.39 is 0 Å². The standard InChI is InChI=1S/C22H19N.C2H6/c1-15-4-13-22(17(3)16(15)2)21-11-9-20(10-12-21)19-7-5-18(14-23)6-8-19;1-2/h4-13H,1-3H3;1-2H3. The average molecular weight is 327 g/mol. The van der Waals surface area contributed by atoms with Crippen molar-refractivity contribution in [3.05, 3.63) is 82.9 Å². The smallest absolute Gasteiger partial charge is 0.0991 e. The van der Waals surface area contributed by atoms with E-state index in [1.54, 1.807) is 0 Å². The van der Waals surface area contributed by atoms with Crippen LogP contribution in [0, 0.1) is 32.1 Å². The summed E-state index contributed by atoms with van der Waals surface area (Å²) in [5, 5.41) is 8.88. The van der Waals surface area contributed by atoms with Crippen LogP contribution in [0.15, 0.2) is 60.7 Å². The first kappa shape index (κ1) is 18.5. The third-order valence-corrected chi connectivity index (χ3v) is 4.60. The van der Waals surface area contributed by atoms with E-state index in [1.165, 1.54) is 33.4 Å². The van der Waals surface area contributed by atoms with Crippen molar-refractivity contribution in [1.29, 1.82) is 5.26 Å². The minimum Gasteiger partial charge on any atom is -0.192 e. The lowest BCUT2D eigenvalue weighted by Gasteiger charge is -2.12. The van der Waals surface area contributed by atoms with Crippen molar-refractivity contribution in [3.8, 4) is 28.3 Å². The largest absolute Gasteiger partial charge is 0.192 e. The zero-order valence-electron chi connectivity index (χ0n) is 15.7. The number of aryl methyl sites for hydroxylation is 1. The number of rotatable bonds is 2. The molecule has 0 amide bonds. The highest BCUT2D eigenvalue weighted by Gasteiger charge is 2.06. The zero-order valence-corrected chi connectivity index (χ0v) is 15.7. The maximum atomic E-state index is 8.88. The Morgan fingerprint density at radius 2 is 1.08 bits per heavy atom. The lowest BCUT2D eigenvalue weighted by Crippen LogP contribution is -1.90. The van der Waals surface area contributed by atoms with Gasteiger partial charge in [-0.2, -0.15) is 5.26 Å². The summed E-state index contributed by atoms with van der Waals surface area (Å²) in [5.41, 5.74) is 9.56. The van der Waals surface area contributed by atoms with Crippen LogP contribution in [0.25, 0.3) is 22.3 Å². The minimum atomic E-state index is 0.691. The van der Waals surface area contributed by atoms with Gasteiger partial charge in [-0.05, 0) is 71.8 Å². The molecule has 25 heavy (non-hydrogen) atoms. The molecule has 1 nitrogen and oxygen atoms in total. The van der Waals surface area contributed by atoms with Gasteiger partial charge in [-0.25, -0.2) is 0 Å². The highest BCUT2D eigenvalue weighted by molar-refractivity contribution is 5.73. The second kappa shape index (κ2) is 8.31. The predicted octanol–water partition coefficient (Wildman–Crippen LogP) is 6.84. The molecule has 0 aromatic heterocycles. The van der Waals surface area contributed by atoms with Crippen LogP contribution >= 0.6 is 0 Å². The van der Waals surface area contributed by atoms with Gasteiger partial charge in [0.05, 0.1) is 11.6 Å². The number of nitrogens with zero attached hydrogens (tertiary/aromatic N) is 1. The van der Waals surface area contributed by atoms with Crippen molar-refractivity contribution in [2.24, 2.45) is 0 Å². The summed E-state index contributed by atoms with van der Waals surface area (Å²) in [6, 6.07) is 22.9. The van der Waals surface area contributed by atoms with Crippen molar-refractivity contribution < 1.29 is 0 Å². The summed E-state index contributed by atoms with van der Waals surface area (Å²) < 4.78 is 0. The van der Waals surface area contributed by atoms with Crippen LogP contribution in [0.2, 0.25) is 0 Å². The molecule has 1 heteroatoms. The van der Waals surface area contributed by atoms with Crippen molar-refractivity contribution in [1.82, 2.24) is 0 Å². The Bertz CT molecular complexity index is 879. The van der Waals surface area contributed by atoms with E-state index in [-0.39, 0.29) is 0 Å². The monoisotopic (exact) mass is 327 g/mol. The second-order valence-electron chi connectivity index (χ2n) is 5.95. The van der Waals surface area contributed by atoms with Gasteiger partial charge in [-0.3, -0.25) is 0 Å². The SMILES string of the molecule is CC.Cc1ccc(-c2ccc(-c3ccc(C#N)cc3)cc2)c(C)c1C. The first-order chi connectivity index (χ1) is 12.1. The molecule has 0 saturated heterocycles. The van der Waals surface area contributed by atoms with Gasteiger partial charge in [-0.15, -0.1) is 0 Å². The summed E-state index contributed by atoms with van der Waals surface area (Å²) in [5.74, 6) is 0. The molecule has 0 fully saturated rings. The number of nitriles is 1. The minimum absolute atomic E-state index is 0.691. The van der Waals surface area contributed by atoms with E-state index in [2.05, 4.69) is 63.2 Å².